The lowest BCUT2D eigenvalue weighted by Gasteiger charge is -2.34. The number of thiophene rings is 1. The summed E-state index contributed by atoms with van der Waals surface area (Å²) in [6.45, 7) is 3.85. The van der Waals surface area contributed by atoms with E-state index in [4.69, 9.17) is 9.15 Å². The molecule has 1 aromatic carbocycles. The van der Waals surface area contributed by atoms with E-state index in [9.17, 15) is 5.26 Å². The van der Waals surface area contributed by atoms with Gasteiger partial charge in [-0.1, -0.05) is 36.4 Å². The van der Waals surface area contributed by atoms with Gasteiger partial charge < -0.3 is 14.5 Å². The fourth-order valence-electron chi connectivity index (χ4n) is 3.23. The Morgan fingerprint density at radius 2 is 2.00 bits per heavy atom. The van der Waals surface area contributed by atoms with Crippen molar-refractivity contribution in [3.05, 3.63) is 59.1 Å². The third-order valence-electron chi connectivity index (χ3n) is 4.59. The van der Waals surface area contributed by atoms with Crippen molar-refractivity contribution in [3.8, 4) is 16.8 Å². The minimum absolute atomic E-state index is 0.164. The molecule has 2 aromatic heterocycles. The average Bonchev–Trinajstić information content (AvgIpc) is 3.39. The van der Waals surface area contributed by atoms with Crippen LogP contribution in [0.25, 0.3) is 10.8 Å². The smallest absolute Gasteiger partial charge is 0.240 e. The standard InChI is InChI=1S/C20H20N4O2S/c21-13-16-19(26-20(23-16)18-7-4-12-27-18)22-14-17(15-5-2-1-3-6-15)24-8-10-25-11-9-24/h1-7,12,17,22H,8-11,14H2. The van der Waals surface area contributed by atoms with Crippen molar-refractivity contribution >= 4 is 17.2 Å². The van der Waals surface area contributed by atoms with Gasteiger partial charge >= 0.3 is 0 Å². The van der Waals surface area contributed by atoms with Gasteiger partial charge in [0.25, 0.3) is 0 Å². The van der Waals surface area contributed by atoms with Crippen LogP contribution in [-0.4, -0.2) is 42.7 Å². The summed E-state index contributed by atoms with van der Waals surface area (Å²) >= 11 is 1.54. The highest BCUT2D eigenvalue weighted by atomic mass is 32.1. The normalized spacial score (nSPS) is 16.0. The van der Waals surface area contributed by atoms with Gasteiger partial charge in [-0.15, -0.1) is 11.3 Å². The van der Waals surface area contributed by atoms with Gasteiger partial charge in [0.2, 0.25) is 17.5 Å². The van der Waals surface area contributed by atoms with Gasteiger partial charge in [0.15, 0.2) is 0 Å². The molecule has 1 aliphatic rings. The maximum Gasteiger partial charge on any atom is 0.240 e. The van der Waals surface area contributed by atoms with E-state index in [1.807, 2.05) is 35.7 Å². The van der Waals surface area contributed by atoms with Gasteiger partial charge in [0.1, 0.15) is 6.07 Å². The third kappa shape index (κ3) is 4.03. The Morgan fingerprint density at radius 1 is 1.19 bits per heavy atom. The highest BCUT2D eigenvalue weighted by molar-refractivity contribution is 7.13. The Balaban J connectivity index is 1.55. The summed E-state index contributed by atoms with van der Waals surface area (Å²) in [4.78, 5) is 7.63. The van der Waals surface area contributed by atoms with Crippen molar-refractivity contribution in [3.63, 3.8) is 0 Å². The molecule has 1 unspecified atom stereocenters. The summed E-state index contributed by atoms with van der Waals surface area (Å²) < 4.78 is 11.3. The number of oxazole rings is 1. The van der Waals surface area contributed by atoms with Crippen LogP contribution in [0, 0.1) is 11.3 Å². The van der Waals surface area contributed by atoms with Crippen molar-refractivity contribution in [2.45, 2.75) is 6.04 Å². The molecule has 6 nitrogen and oxygen atoms in total. The molecule has 0 bridgehead atoms. The highest BCUT2D eigenvalue weighted by Gasteiger charge is 2.24. The lowest BCUT2D eigenvalue weighted by atomic mass is 10.0. The zero-order valence-electron chi connectivity index (χ0n) is 14.8. The van der Waals surface area contributed by atoms with Gasteiger partial charge in [-0.3, -0.25) is 4.90 Å². The van der Waals surface area contributed by atoms with Crippen LogP contribution < -0.4 is 5.32 Å². The van der Waals surface area contributed by atoms with E-state index in [2.05, 4.69) is 33.4 Å². The first-order valence-corrected chi connectivity index (χ1v) is 9.78. The van der Waals surface area contributed by atoms with Crippen LogP contribution in [0.1, 0.15) is 17.3 Å². The van der Waals surface area contributed by atoms with E-state index in [0.717, 1.165) is 31.2 Å². The maximum absolute atomic E-state index is 9.42. The lowest BCUT2D eigenvalue weighted by Crippen LogP contribution is -2.41. The fourth-order valence-corrected chi connectivity index (χ4v) is 3.88. The van der Waals surface area contributed by atoms with Crippen molar-refractivity contribution in [2.24, 2.45) is 0 Å². The van der Waals surface area contributed by atoms with Gasteiger partial charge in [0.05, 0.1) is 24.1 Å². The molecule has 3 aromatic rings. The number of nitrogens with zero attached hydrogens (tertiary/aromatic N) is 3. The van der Waals surface area contributed by atoms with E-state index >= 15 is 0 Å². The summed E-state index contributed by atoms with van der Waals surface area (Å²) in [6.07, 6.45) is 0. The van der Waals surface area contributed by atoms with E-state index in [1.165, 1.54) is 16.9 Å². The second-order valence-corrected chi connectivity index (χ2v) is 7.19. The largest absolute Gasteiger partial charge is 0.418 e. The molecule has 1 saturated heterocycles. The van der Waals surface area contributed by atoms with Crippen LogP contribution in [-0.2, 0) is 4.74 Å². The summed E-state index contributed by atoms with van der Waals surface area (Å²) in [5.41, 5.74) is 1.51. The molecule has 1 N–H and O–H groups in total. The fraction of sp³-hybridized carbons (Fsp3) is 0.300. The number of hydrogen-bond acceptors (Lipinski definition) is 7. The number of benzene rings is 1. The van der Waals surface area contributed by atoms with E-state index in [0.29, 0.717) is 18.3 Å². The number of nitriles is 1. The van der Waals surface area contributed by atoms with E-state index in [-0.39, 0.29) is 11.7 Å². The van der Waals surface area contributed by atoms with Crippen molar-refractivity contribution < 1.29 is 9.15 Å². The number of anilines is 1. The lowest BCUT2D eigenvalue weighted by molar-refractivity contribution is 0.0186. The number of hydrogen-bond donors (Lipinski definition) is 1. The Morgan fingerprint density at radius 3 is 2.70 bits per heavy atom. The molecule has 1 atom stereocenters. The molecule has 27 heavy (non-hydrogen) atoms. The molecule has 7 heteroatoms. The first-order chi connectivity index (χ1) is 13.3. The second-order valence-electron chi connectivity index (χ2n) is 6.24. The molecule has 4 rings (SSSR count). The Hall–Kier alpha value is -2.66. The van der Waals surface area contributed by atoms with Gasteiger partial charge in [0, 0.05) is 19.6 Å². The molecule has 138 valence electrons. The molecule has 1 aliphatic heterocycles. The molecule has 0 aliphatic carbocycles. The number of aromatic nitrogens is 1. The zero-order valence-corrected chi connectivity index (χ0v) is 15.6. The molecule has 0 spiro atoms. The van der Waals surface area contributed by atoms with Crippen LogP contribution in [0.4, 0.5) is 5.88 Å². The summed E-state index contributed by atoms with van der Waals surface area (Å²) in [5.74, 6) is 0.904. The van der Waals surface area contributed by atoms with Crippen LogP contribution in [0.2, 0.25) is 0 Å². The predicted octanol–water partition coefficient (Wildman–Crippen LogP) is 3.76. The number of rotatable bonds is 6. The topological polar surface area (TPSA) is 74.3 Å². The van der Waals surface area contributed by atoms with Crippen molar-refractivity contribution in [1.82, 2.24) is 9.88 Å². The van der Waals surface area contributed by atoms with E-state index in [1.54, 1.807) is 0 Å². The van der Waals surface area contributed by atoms with Crippen LogP contribution in [0.5, 0.6) is 0 Å². The number of morpholine rings is 1. The quantitative estimate of drug-likeness (QED) is 0.702. The van der Waals surface area contributed by atoms with Gasteiger partial charge in [-0.2, -0.15) is 10.2 Å². The Labute approximate surface area is 162 Å². The molecule has 3 heterocycles. The van der Waals surface area contributed by atoms with Crippen LogP contribution >= 0.6 is 11.3 Å². The van der Waals surface area contributed by atoms with E-state index < -0.39 is 0 Å². The summed E-state index contributed by atoms with van der Waals surface area (Å²) in [5, 5.41) is 14.7. The SMILES string of the molecule is N#Cc1nc(-c2cccs2)oc1NCC(c1ccccc1)N1CCOCC1. The number of ether oxygens (including phenoxy) is 1. The minimum Gasteiger partial charge on any atom is -0.418 e. The first kappa shape index (κ1) is 17.7. The summed E-state index contributed by atoms with van der Waals surface area (Å²) in [7, 11) is 0. The number of nitrogens with one attached hydrogen (secondary N) is 1. The zero-order chi connectivity index (χ0) is 18.5. The average molecular weight is 380 g/mol. The first-order valence-electron chi connectivity index (χ1n) is 8.90. The molecular weight excluding hydrogens is 360 g/mol. The monoisotopic (exact) mass is 380 g/mol. The molecule has 0 radical (unpaired) electrons. The highest BCUT2D eigenvalue weighted by Crippen LogP contribution is 2.29. The van der Waals surface area contributed by atoms with Crippen LogP contribution in [0.15, 0.2) is 52.3 Å². The van der Waals surface area contributed by atoms with Crippen molar-refractivity contribution in [1.29, 1.82) is 5.26 Å². The second kappa shape index (κ2) is 8.35. The maximum atomic E-state index is 9.42. The predicted molar refractivity (Wildman–Crippen MR) is 105 cm³/mol. The molecule has 1 fully saturated rings. The Bertz CT molecular complexity index is 896. The molecule has 0 saturated carbocycles. The van der Waals surface area contributed by atoms with Crippen molar-refractivity contribution in [2.75, 3.05) is 38.2 Å². The molecular formula is C20H20N4O2S. The molecule has 0 amide bonds. The summed E-state index contributed by atoms with van der Waals surface area (Å²) in [6, 6.07) is 16.5. The van der Waals surface area contributed by atoms with Gasteiger partial charge in [-0.05, 0) is 17.0 Å². The minimum atomic E-state index is 0.164. The van der Waals surface area contributed by atoms with Crippen LogP contribution in [0.3, 0.4) is 0 Å². The van der Waals surface area contributed by atoms with Gasteiger partial charge in [-0.25, -0.2) is 0 Å². The Kier molecular flexibility index (Phi) is 5.49. The third-order valence-corrected chi connectivity index (χ3v) is 5.45.